The van der Waals surface area contributed by atoms with Crippen molar-refractivity contribution in [2.45, 2.75) is 84.0 Å². The first-order valence-corrected chi connectivity index (χ1v) is 8.23. The summed E-state index contributed by atoms with van der Waals surface area (Å²) in [6.45, 7) is 2.94. The molecule has 19 heavy (non-hydrogen) atoms. The molecule has 0 aliphatic rings. The number of nitrogens with one attached hydrogen (secondary N) is 1. The summed E-state index contributed by atoms with van der Waals surface area (Å²) >= 11 is 0. The Morgan fingerprint density at radius 3 is 1.79 bits per heavy atom. The lowest BCUT2D eigenvalue weighted by Crippen LogP contribution is -2.09. The largest absolute Gasteiger partial charge is 0.355 e. The summed E-state index contributed by atoms with van der Waals surface area (Å²) in [7, 11) is 0. The molecule has 0 aromatic carbocycles. The number of carbonyl (C=O) groups is 1. The minimum atomic E-state index is 0.668. The summed E-state index contributed by atoms with van der Waals surface area (Å²) < 4.78 is 0. The van der Waals surface area contributed by atoms with Crippen LogP contribution in [0.4, 0.5) is 0 Å². The highest BCUT2D eigenvalue weighted by Crippen LogP contribution is 2.11. The third-order valence-electron chi connectivity index (χ3n) is 3.46. The van der Waals surface area contributed by atoms with Crippen molar-refractivity contribution in [1.29, 1.82) is 0 Å². The molecule has 1 amide bonds. The van der Waals surface area contributed by atoms with Crippen LogP contribution in [-0.2, 0) is 4.79 Å². The van der Waals surface area contributed by atoms with E-state index in [2.05, 4.69) is 18.3 Å². The van der Waals surface area contributed by atoms with Crippen molar-refractivity contribution in [3.05, 3.63) is 12.2 Å². The van der Waals surface area contributed by atoms with Crippen LogP contribution >= 0.6 is 0 Å². The summed E-state index contributed by atoms with van der Waals surface area (Å²) in [5.41, 5.74) is 0. The lowest BCUT2D eigenvalue weighted by Gasteiger charge is -2.01. The second kappa shape index (κ2) is 17.2. The molecule has 0 radical (unpaired) electrons. The smallest absolute Gasteiger partial charge is 0.207 e. The molecule has 0 spiro atoms. The van der Waals surface area contributed by atoms with Gasteiger partial charge >= 0.3 is 0 Å². The second-order valence-electron chi connectivity index (χ2n) is 5.32. The summed E-state index contributed by atoms with van der Waals surface area (Å²) in [4.78, 5) is 9.99. The van der Waals surface area contributed by atoms with E-state index in [4.69, 9.17) is 0 Å². The van der Waals surface area contributed by atoms with Gasteiger partial charge in [-0.15, -0.1) is 0 Å². The van der Waals surface area contributed by atoms with Crippen LogP contribution in [0.1, 0.15) is 84.0 Å². The number of rotatable bonds is 15. The van der Waals surface area contributed by atoms with Crippen LogP contribution < -0.4 is 5.32 Å². The van der Waals surface area contributed by atoms with Gasteiger partial charge in [0, 0.05) is 6.54 Å². The SMILES string of the molecule is CCCCCCCCCCCCCC=CCNC=O. The number of allylic oxidation sites excluding steroid dienone is 1. The first-order valence-electron chi connectivity index (χ1n) is 8.23. The fourth-order valence-corrected chi connectivity index (χ4v) is 2.24. The van der Waals surface area contributed by atoms with E-state index in [0.717, 1.165) is 12.8 Å². The summed E-state index contributed by atoms with van der Waals surface area (Å²) in [5.74, 6) is 0. The van der Waals surface area contributed by atoms with Crippen molar-refractivity contribution in [3.8, 4) is 0 Å². The topological polar surface area (TPSA) is 29.1 Å². The maximum absolute atomic E-state index is 9.99. The van der Waals surface area contributed by atoms with Gasteiger partial charge in [0.2, 0.25) is 6.41 Å². The predicted octanol–water partition coefficient (Wildman–Crippen LogP) is 4.99. The van der Waals surface area contributed by atoms with Crippen LogP contribution in [0.25, 0.3) is 0 Å². The van der Waals surface area contributed by atoms with Crippen molar-refractivity contribution in [2.75, 3.05) is 6.54 Å². The van der Waals surface area contributed by atoms with Gasteiger partial charge in [-0.05, 0) is 12.8 Å². The molecule has 0 saturated carbocycles. The van der Waals surface area contributed by atoms with Crippen LogP contribution in [0.5, 0.6) is 0 Å². The molecule has 0 saturated heterocycles. The maximum Gasteiger partial charge on any atom is 0.207 e. The number of hydrogen-bond donors (Lipinski definition) is 1. The van der Waals surface area contributed by atoms with Gasteiger partial charge in [-0.2, -0.15) is 0 Å². The molecule has 0 rings (SSSR count). The highest BCUT2D eigenvalue weighted by Gasteiger charge is 1.92. The first-order chi connectivity index (χ1) is 9.41. The zero-order valence-electron chi connectivity index (χ0n) is 12.8. The zero-order chi connectivity index (χ0) is 14.0. The van der Waals surface area contributed by atoms with Crippen LogP contribution in [0.3, 0.4) is 0 Å². The fourth-order valence-electron chi connectivity index (χ4n) is 2.24. The Bertz CT molecular complexity index is 201. The molecule has 0 atom stereocenters. The van der Waals surface area contributed by atoms with Gasteiger partial charge in [0.1, 0.15) is 0 Å². The van der Waals surface area contributed by atoms with Gasteiger partial charge in [0.15, 0.2) is 0 Å². The highest BCUT2D eigenvalue weighted by atomic mass is 16.1. The van der Waals surface area contributed by atoms with Gasteiger partial charge in [0.05, 0.1) is 0 Å². The molecule has 112 valence electrons. The lowest BCUT2D eigenvalue weighted by molar-refractivity contribution is -0.109. The summed E-state index contributed by atoms with van der Waals surface area (Å²) in [5, 5.41) is 2.62. The quantitative estimate of drug-likeness (QED) is 0.253. The number of unbranched alkanes of at least 4 members (excludes halogenated alkanes) is 11. The normalized spacial score (nSPS) is 11.0. The van der Waals surface area contributed by atoms with Gasteiger partial charge in [-0.3, -0.25) is 4.79 Å². The van der Waals surface area contributed by atoms with E-state index in [1.807, 2.05) is 6.08 Å². The zero-order valence-corrected chi connectivity index (χ0v) is 12.8. The third kappa shape index (κ3) is 17.2. The Morgan fingerprint density at radius 1 is 0.737 bits per heavy atom. The summed E-state index contributed by atoms with van der Waals surface area (Å²) in [6.07, 6.45) is 21.4. The van der Waals surface area contributed by atoms with E-state index in [9.17, 15) is 4.79 Å². The molecule has 0 aromatic rings. The Hall–Kier alpha value is -0.790. The Kier molecular flexibility index (Phi) is 16.5. The minimum absolute atomic E-state index is 0.668. The Morgan fingerprint density at radius 2 is 1.26 bits per heavy atom. The predicted molar refractivity (Wildman–Crippen MR) is 84.3 cm³/mol. The molecule has 0 aromatic heterocycles. The third-order valence-corrected chi connectivity index (χ3v) is 3.46. The number of carbonyl (C=O) groups excluding carboxylic acids is 1. The molecule has 2 heteroatoms. The average molecular weight is 267 g/mol. The van der Waals surface area contributed by atoms with Gasteiger partial charge in [-0.1, -0.05) is 83.3 Å². The van der Waals surface area contributed by atoms with Crippen LogP contribution in [-0.4, -0.2) is 13.0 Å². The molecule has 0 heterocycles. The van der Waals surface area contributed by atoms with E-state index in [0.29, 0.717) is 6.54 Å². The molecule has 1 N–H and O–H groups in total. The van der Waals surface area contributed by atoms with E-state index in [-0.39, 0.29) is 0 Å². The number of hydrogen-bond acceptors (Lipinski definition) is 1. The monoisotopic (exact) mass is 267 g/mol. The molecular formula is C17H33NO. The summed E-state index contributed by atoms with van der Waals surface area (Å²) in [6, 6.07) is 0. The van der Waals surface area contributed by atoms with Crippen LogP contribution in [0, 0.1) is 0 Å². The molecule has 0 fully saturated rings. The Balaban J connectivity index is 2.98. The van der Waals surface area contributed by atoms with Crippen molar-refractivity contribution in [2.24, 2.45) is 0 Å². The molecule has 0 unspecified atom stereocenters. The van der Waals surface area contributed by atoms with E-state index >= 15 is 0 Å². The minimum Gasteiger partial charge on any atom is -0.355 e. The maximum atomic E-state index is 9.99. The van der Waals surface area contributed by atoms with Crippen molar-refractivity contribution < 1.29 is 4.79 Å². The molecule has 0 aliphatic carbocycles. The molecule has 0 aliphatic heterocycles. The molecular weight excluding hydrogens is 234 g/mol. The average Bonchev–Trinajstić information content (AvgIpc) is 2.43. The van der Waals surface area contributed by atoms with Crippen LogP contribution in [0.2, 0.25) is 0 Å². The molecule has 0 bridgehead atoms. The van der Waals surface area contributed by atoms with Crippen molar-refractivity contribution in [3.63, 3.8) is 0 Å². The van der Waals surface area contributed by atoms with E-state index < -0.39 is 0 Å². The highest BCUT2D eigenvalue weighted by molar-refractivity contribution is 5.46. The second-order valence-corrected chi connectivity index (χ2v) is 5.32. The first kappa shape index (κ1) is 18.2. The fraction of sp³-hybridized carbons (Fsp3) is 0.824. The van der Waals surface area contributed by atoms with Gasteiger partial charge in [0.25, 0.3) is 0 Å². The molecule has 2 nitrogen and oxygen atoms in total. The Labute approximate surface area is 120 Å². The van der Waals surface area contributed by atoms with Crippen molar-refractivity contribution in [1.82, 2.24) is 5.32 Å². The number of amides is 1. The van der Waals surface area contributed by atoms with Gasteiger partial charge in [-0.25, -0.2) is 0 Å². The van der Waals surface area contributed by atoms with Gasteiger partial charge < -0.3 is 5.32 Å². The van der Waals surface area contributed by atoms with Crippen molar-refractivity contribution >= 4 is 6.41 Å². The standard InChI is InChI=1S/C17H33NO/c1-2-3-4-5-6-7-8-9-10-11-12-13-14-15-16-18-17-19/h14-15,17H,2-13,16H2,1H3,(H,18,19). The van der Waals surface area contributed by atoms with E-state index in [1.54, 1.807) is 0 Å². The van der Waals surface area contributed by atoms with Crippen LogP contribution in [0.15, 0.2) is 12.2 Å². The van der Waals surface area contributed by atoms with E-state index in [1.165, 1.54) is 70.6 Å². The lowest BCUT2D eigenvalue weighted by atomic mass is 10.1.